The predicted molar refractivity (Wildman–Crippen MR) is 207 cm³/mol. The monoisotopic (exact) mass is 744 g/mol. The summed E-state index contributed by atoms with van der Waals surface area (Å²) in [6.07, 6.45) is 3.55. The number of benzene rings is 2. The van der Waals surface area contributed by atoms with Gasteiger partial charge in [0.25, 0.3) is 5.91 Å². The first-order valence-electron chi connectivity index (χ1n) is 19.2. The number of nitrogens with zero attached hydrogens (tertiary/aromatic N) is 3. The van der Waals surface area contributed by atoms with Gasteiger partial charge in [0.15, 0.2) is 0 Å². The van der Waals surface area contributed by atoms with Crippen LogP contribution >= 0.6 is 0 Å². The standard InChI is InChI=1S/C42H56N4O8/c1-7-12-18-34(48)43-32(27-52-6)37(28-16-14-13-15-17-28)53-41(51)35-33-23-24-42(54-33)36(35)39(49)46(29(9-3)26-47)38(42)40(50)45(25-8-2)31-21-19-30(20-22-31)44(10-4)11-5/h7-8,13-17,19-22,29,32-33,35-38,47H,1-2,9-12,18,23-27H2,3-6H3,(H,43,48)/t29-,32+,33-,35+,36+,37+,38-,42+/m0/s1. The van der Waals surface area contributed by atoms with E-state index in [1.165, 1.54) is 12.0 Å². The molecule has 2 aromatic rings. The summed E-state index contributed by atoms with van der Waals surface area (Å²) in [7, 11) is 1.50. The normalized spacial score (nSPS) is 24.3. The number of hydrogen-bond acceptors (Lipinski definition) is 9. The number of rotatable bonds is 20. The van der Waals surface area contributed by atoms with Crippen molar-refractivity contribution < 1.29 is 38.5 Å². The van der Waals surface area contributed by atoms with Gasteiger partial charge in [-0.05, 0) is 69.4 Å². The Labute approximate surface area is 319 Å². The lowest BCUT2D eigenvalue weighted by Crippen LogP contribution is -2.59. The van der Waals surface area contributed by atoms with Gasteiger partial charge in [-0.1, -0.05) is 49.4 Å². The van der Waals surface area contributed by atoms with Crippen molar-refractivity contribution in [3.8, 4) is 0 Å². The molecular weight excluding hydrogens is 688 g/mol. The summed E-state index contributed by atoms with van der Waals surface area (Å²) in [5, 5.41) is 13.5. The fourth-order valence-corrected chi connectivity index (χ4v) is 8.60. The number of allylic oxidation sites excluding steroid dienone is 1. The van der Waals surface area contributed by atoms with Crippen LogP contribution < -0.4 is 15.1 Å². The van der Waals surface area contributed by atoms with Gasteiger partial charge in [-0.3, -0.25) is 19.2 Å². The average molecular weight is 745 g/mol. The molecule has 54 heavy (non-hydrogen) atoms. The third-order valence-corrected chi connectivity index (χ3v) is 11.2. The summed E-state index contributed by atoms with van der Waals surface area (Å²) < 4.78 is 18.5. The number of nitrogens with one attached hydrogen (secondary N) is 1. The lowest BCUT2D eigenvalue weighted by atomic mass is 9.70. The maximum Gasteiger partial charge on any atom is 0.313 e. The number of fused-ring (bicyclic) bond motifs is 1. The molecule has 3 aliphatic rings. The SMILES string of the molecule is C=CCCC(=O)N[C@H](COC)[C@H](OC(=O)[C@@H]1[C@@H]2CC[C@]3(O2)[C@H](C(=O)N(CC=C)c2ccc(N(CC)CC)cc2)N([C@@H](CC)CO)C(=O)[C@@H]13)c1ccccc1. The number of anilines is 2. The Kier molecular flexibility index (Phi) is 13.7. The van der Waals surface area contributed by atoms with Gasteiger partial charge in [-0.15, -0.1) is 13.2 Å². The Balaban J connectivity index is 1.51. The highest BCUT2D eigenvalue weighted by molar-refractivity contribution is 6.05. The number of aliphatic hydroxyl groups excluding tert-OH is 1. The minimum absolute atomic E-state index is 0.0532. The molecule has 3 fully saturated rings. The third-order valence-electron chi connectivity index (χ3n) is 11.2. The molecule has 5 rings (SSSR count). The first-order chi connectivity index (χ1) is 26.1. The molecule has 0 radical (unpaired) electrons. The number of esters is 1. The van der Waals surface area contributed by atoms with Crippen LogP contribution in [0.2, 0.25) is 0 Å². The largest absolute Gasteiger partial charge is 0.455 e. The molecular formula is C42H56N4O8. The number of aliphatic hydroxyl groups is 1. The van der Waals surface area contributed by atoms with E-state index in [0.29, 0.717) is 36.9 Å². The first kappa shape index (κ1) is 40.7. The molecule has 2 N–H and O–H groups in total. The minimum atomic E-state index is -1.32. The van der Waals surface area contributed by atoms with Crippen LogP contribution in [-0.2, 0) is 33.4 Å². The fraction of sp³-hybridized carbons (Fsp3) is 0.524. The highest BCUT2D eigenvalue weighted by atomic mass is 16.6. The van der Waals surface area contributed by atoms with E-state index >= 15 is 0 Å². The van der Waals surface area contributed by atoms with Crippen LogP contribution in [-0.4, -0.2) is 103 Å². The van der Waals surface area contributed by atoms with E-state index in [0.717, 1.165) is 18.8 Å². The van der Waals surface area contributed by atoms with Gasteiger partial charge in [0.05, 0.1) is 43.2 Å². The zero-order valence-corrected chi connectivity index (χ0v) is 32.0. The number of hydrogen-bond donors (Lipinski definition) is 2. The van der Waals surface area contributed by atoms with Crippen molar-refractivity contribution in [3.05, 3.63) is 85.5 Å². The van der Waals surface area contributed by atoms with Crippen molar-refractivity contribution in [2.45, 2.75) is 88.8 Å². The maximum absolute atomic E-state index is 15.0. The van der Waals surface area contributed by atoms with Crippen molar-refractivity contribution in [1.82, 2.24) is 10.2 Å². The Bertz CT molecular complexity index is 1630. The molecule has 2 bridgehead atoms. The molecule has 0 aromatic heterocycles. The van der Waals surface area contributed by atoms with Crippen molar-refractivity contribution >= 4 is 35.1 Å². The quantitative estimate of drug-likeness (QED) is 0.148. The second-order valence-corrected chi connectivity index (χ2v) is 14.2. The van der Waals surface area contributed by atoms with Crippen LogP contribution in [0.15, 0.2) is 79.9 Å². The molecule has 3 aliphatic heterocycles. The Hall–Kier alpha value is -4.52. The van der Waals surface area contributed by atoms with Crippen LogP contribution in [0.3, 0.4) is 0 Å². The van der Waals surface area contributed by atoms with Gasteiger partial charge in [0.1, 0.15) is 17.7 Å². The zero-order chi connectivity index (χ0) is 39.0. The van der Waals surface area contributed by atoms with Gasteiger partial charge in [0.2, 0.25) is 11.8 Å². The molecule has 3 amide bonds. The van der Waals surface area contributed by atoms with E-state index in [1.54, 1.807) is 17.1 Å². The van der Waals surface area contributed by atoms with E-state index in [4.69, 9.17) is 14.2 Å². The lowest BCUT2D eigenvalue weighted by Gasteiger charge is -2.39. The number of carbonyl (C=O) groups excluding carboxylic acids is 4. The van der Waals surface area contributed by atoms with Crippen molar-refractivity contribution in [3.63, 3.8) is 0 Å². The van der Waals surface area contributed by atoms with E-state index in [1.807, 2.05) is 61.5 Å². The predicted octanol–water partition coefficient (Wildman–Crippen LogP) is 4.58. The highest BCUT2D eigenvalue weighted by Crippen LogP contribution is 2.59. The highest BCUT2D eigenvalue weighted by Gasteiger charge is 2.75. The summed E-state index contributed by atoms with van der Waals surface area (Å²) in [4.78, 5) is 62.5. The van der Waals surface area contributed by atoms with Crippen molar-refractivity contribution in [1.29, 1.82) is 0 Å². The number of amides is 3. The van der Waals surface area contributed by atoms with Crippen LogP contribution in [0.25, 0.3) is 0 Å². The molecule has 0 saturated carbocycles. The van der Waals surface area contributed by atoms with Gasteiger partial charge >= 0.3 is 5.97 Å². The van der Waals surface area contributed by atoms with Gasteiger partial charge in [-0.2, -0.15) is 0 Å². The van der Waals surface area contributed by atoms with Gasteiger partial charge < -0.3 is 39.3 Å². The Morgan fingerprint density at radius 2 is 1.74 bits per heavy atom. The number of carbonyl (C=O) groups is 4. The molecule has 1 spiro atoms. The lowest BCUT2D eigenvalue weighted by molar-refractivity contribution is -0.163. The molecule has 3 saturated heterocycles. The number of ether oxygens (including phenoxy) is 3. The summed E-state index contributed by atoms with van der Waals surface area (Å²) >= 11 is 0. The van der Waals surface area contributed by atoms with Crippen LogP contribution in [0.5, 0.6) is 0 Å². The zero-order valence-electron chi connectivity index (χ0n) is 32.0. The summed E-state index contributed by atoms with van der Waals surface area (Å²) in [6, 6.07) is 14.3. The maximum atomic E-state index is 15.0. The summed E-state index contributed by atoms with van der Waals surface area (Å²) in [6.45, 7) is 15.2. The van der Waals surface area contributed by atoms with Crippen LogP contribution in [0, 0.1) is 11.8 Å². The number of likely N-dealkylation sites (tertiary alicyclic amines) is 1. The Morgan fingerprint density at radius 1 is 1.06 bits per heavy atom. The molecule has 12 nitrogen and oxygen atoms in total. The molecule has 0 unspecified atom stereocenters. The molecule has 12 heteroatoms. The first-order valence-corrected chi connectivity index (χ1v) is 19.2. The van der Waals surface area contributed by atoms with Gasteiger partial charge in [0, 0.05) is 44.5 Å². The minimum Gasteiger partial charge on any atom is -0.455 e. The van der Waals surface area contributed by atoms with Crippen LogP contribution in [0.4, 0.5) is 11.4 Å². The van der Waals surface area contributed by atoms with Crippen molar-refractivity contribution in [2.75, 3.05) is 49.8 Å². The smallest absolute Gasteiger partial charge is 0.313 e. The molecule has 3 heterocycles. The molecule has 0 aliphatic carbocycles. The summed E-state index contributed by atoms with van der Waals surface area (Å²) in [5.74, 6) is -3.73. The number of methoxy groups -OCH3 is 1. The van der Waals surface area contributed by atoms with E-state index in [2.05, 4.69) is 37.2 Å². The second kappa shape index (κ2) is 18.2. The van der Waals surface area contributed by atoms with E-state index in [-0.39, 0.29) is 38.0 Å². The fourth-order valence-electron chi connectivity index (χ4n) is 8.60. The molecule has 292 valence electrons. The molecule has 2 aromatic carbocycles. The second-order valence-electron chi connectivity index (χ2n) is 14.2. The van der Waals surface area contributed by atoms with E-state index in [9.17, 15) is 24.3 Å². The molecule has 8 atom stereocenters. The topological polar surface area (TPSA) is 138 Å². The summed E-state index contributed by atoms with van der Waals surface area (Å²) in [5.41, 5.74) is 0.975. The average Bonchev–Trinajstić information content (AvgIpc) is 3.84. The van der Waals surface area contributed by atoms with E-state index < -0.39 is 59.6 Å². The Morgan fingerprint density at radius 3 is 2.33 bits per heavy atom. The van der Waals surface area contributed by atoms with Crippen molar-refractivity contribution in [2.24, 2.45) is 11.8 Å². The van der Waals surface area contributed by atoms with Crippen LogP contribution in [0.1, 0.15) is 64.5 Å². The third kappa shape index (κ3) is 7.83. The van der Waals surface area contributed by atoms with Gasteiger partial charge in [-0.25, -0.2) is 0 Å².